The minimum atomic E-state index is -0.867. The summed E-state index contributed by atoms with van der Waals surface area (Å²) in [5.74, 6) is -1.07. The molecule has 0 spiro atoms. The fraction of sp³-hybridized carbons (Fsp3) is 0.286. The molecule has 0 fully saturated rings. The number of rotatable bonds is 14. The summed E-state index contributed by atoms with van der Waals surface area (Å²) >= 11 is 0. The lowest BCUT2D eigenvalue weighted by Gasteiger charge is -2.13. The van der Waals surface area contributed by atoms with Crippen LogP contribution in [0.25, 0.3) is 0 Å². The number of hydrogen-bond donors (Lipinski definition) is 2. The topological polar surface area (TPSA) is 123 Å². The molecule has 3 aromatic carbocycles. The van der Waals surface area contributed by atoms with Gasteiger partial charge < -0.3 is 30.4 Å². The van der Waals surface area contributed by atoms with Gasteiger partial charge >= 0.3 is 11.9 Å². The fourth-order valence-corrected chi connectivity index (χ4v) is 3.15. The Balaban J connectivity index is 1.31. The van der Waals surface area contributed by atoms with Gasteiger partial charge in [-0.3, -0.25) is 9.59 Å². The van der Waals surface area contributed by atoms with Crippen molar-refractivity contribution in [2.75, 3.05) is 13.2 Å². The number of hydrogen-bond acceptors (Lipinski definition) is 8. The molecule has 0 bridgehead atoms. The van der Waals surface area contributed by atoms with Gasteiger partial charge in [0.25, 0.3) is 0 Å². The standard InChI is InChI=1S/C28H32N2O6/c29-25(19-33-15-21-7-3-1-4-8-21)27(31)35-17-23-11-13-24(14-12-23)18-36-28(32)26(30)20-34-16-22-9-5-2-6-10-22/h1-14,25-26H,15-20,29-30H2/t25-,26?/m0/s1. The van der Waals surface area contributed by atoms with Crippen LogP contribution in [-0.2, 0) is 55.0 Å². The molecule has 8 heteroatoms. The summed E-state index contributed by atoms with van der Waals surface area (Å²) in [6.07, 6.45) is 0. The van der Waals surface area contributed by atoms with E-state index >= 15 is 0 Å². The zero-order valence-corrected chi connectivity index (χ0v) is 20.1. The summed E-state index contributed by atoms with van der Waals surface area (Å²) in [5, 5.41) is 0. The van der Waals surface area contributed by atoms with Crippen molar-refractivity contribution in [2.24, 2.45) is 11.5 Å². The van der Waals surface area contributed by atoms with Crippen molar-refractivity contribution in [1.82, 2.24) is 0 Å². The first-order chi connectivity index (χ1) is 17.5. The third-order valence-electron chi connectivity index (χ3n) is 5.21. The van der Waals surface area contributed by atoms with Crippen molar-refractivity contribution >= 4 is 11.9 Å². The molecule has 8 nitrogen and oxygen atoms in total. The average Bonchev–Trinajstić information content (AvgIpc) is 2.92. The molecule has 2 atom stereocenters. The van der Waals surface area contributed by atoms with Crippen LogP contribution in [-0.4, -0.2) is 37.2 Å². The van der Waals surface area contributed by atoms with Crippen LogP contribution < -0.4 is 11.5 Å². The highest BCUT2D eigenvalue weighted by Crippen LogP contribution is 2.09. The predicted octanol–water partition coefficient (Wildman–Crippen LogP) is 2.86. The molecular formula is C28H32N2O6. The van der Waals surface area contributed by atoms with Gasteiger partial charge in [-0.1, -0.05) is 84.9 Å². The molecule has 3 rings (SSSR count). The number of nitrogens with two attached hydrogens (primary N) is 2. The zero-order chi connectivity index (χ0) is 25.6. The molecule has 0 aliphatic carbocycles. The van der Waals surface area contributed by atoms with Crippen LogP contribution in [0.1, 0.15) is 22.3 Å². The minimum Gasteiger partial charge on any atom is -0.460 e. The molecule has 0 saturated heterocycles. The largest absolute Gasteiger partial charge is 0.460 e. The van der Waals surface area contributed by atoms with E-state index in [0.29, 0.717) is 13.2 Å². The van der Waals surface area contributed by atoms with Crippen molar-refractivity contribution in [3.8, 4) is 0 Å². The van der Waals surface area contributed by atoms with E-state index in [0.717, 1.165) is 22.3 Å². The van der Waals surface area contributed by atoms with Gasteiger partial charge in [0.05, 0.1) is 26.4 Å². The molecule has 0 saturated carbocycles. The first-order valence-corrected chi connectivity index (χ1v) is 11.7. The van der Waals surface area contributed by atoms with Crippen molar-refractivity contribution < 1.29 is 28.5 Å². The van der Waals surface area contributed by atoms with E-state index in [1.54, 1.807) is 24.3 Å². The molecular weight excluding hydrogens is 460 g/mol. The molecule has 3 aromatic rings. The first kappa shape index (κ1) is 27.0. The second kappa shape index (κ2) is 14.8. The third kappa shape index (κ3) is 9.59. The van der Waals surface area contributed by atoms with Gasteiger partial charge in [0, 0.05) is 0 Å². The van der Waals surface area contributed by atoms with Crippen molar-refractivity contribution in [3.63, 3.8) is 0 Å². The highest BCUT2D eigenvalue weighted by molar-refractivity contribution is 5.76. The van der Waals surface area contributed by atoms with Gasteiger partial charge in [0.1, 0.15) is 25.3 Å². The van der Waals surface area contributed by atoms with E-state index in [4.69, 9.17) is 30.4 Å². The van der Waals surface area contributed by atoms with Crippen molar-refractivity contribution in [1.29, 1.82) is 0 Å². The van der Waals surface area contributed by atoms with E-state index in [2.05, 4.69) is 0 Å². The Morgan fingerprint density at radius 2 is 0.861 bits per heavy atom. The van der Waals surface area contributed by atoms with E-state index in [1.807, 2.05) is 60.7 Å². The molecule has 36 heavy (non-hydrogen) atoms. The molecule has 1 unspecified atom stereocenters. The maximum absolute atomic E-state index is 12.1. The summed E-state index contributed by atoms with van der Waals surface area (Å²) in [4.78, 5) is 24.2. The van der Waals surface area contributed by atoms with Gasteiger partial charge in [0.15, 0.2) is 0 Å². The number of carbonyl (C=O) groups excluding carboxylic acids is 2. The Labute approximate surface area is 211 Å². The quantitative estimate of drug-likeness (QED) is 0.329. The van der Waals surface area contributed by atoms with E-state index in [9.17, 15) is 9.59 Å². The molecule has 0 radical (unpaired) electrons. The monoisotopic (exact) mass is 492 g/mol. The Kier molecular flexibility index (Phi) is 11.1. The maximum atomic E-state index is 12.1. The number of esters is 2. The fourth-order valence-electron chi connectivity index (χ4n) is 3.15. The lowest BCUT2D eigenvalue weighted by Crippen LogP contribution is -2.36. The third-order valence-corrected chi connectivity index (χ3v) is 5.21. The molecule has 0 amide bonds. The van der Waals surface area contributed by atoms with E-state index < -0.39 is 24.0 Å². The Morgan fingerprint density at radius 1 is 0.528 bits per heavy atom. The number of carbonyl (C=O) groups is 2. The van der Waals surface area contributed by atoms with Gasteiger partial charge in [0.2, 0.25) is 0 Å². The highest BCUT2D eigenvalue weighted by Gasteiger charge is 2.17. The van der Waals surface area contributed by atoms with Crippen LogP contribution in [0.15, 0.2) is 84.9 Å². The summed E-state index contributed by atoms with van der Waals surface area (Å²) in [7, 11) is 0. The molecule has 0 aromatic heterocycles. The predicted molar refractivity (Wildman–Crippen MR) is 134 cm³/mol. The van der Waals surface area contributed by atoms with Crippen LogP contribution in [0.2, 0.25) is 0 Å². The Morgan fingerprint density at radius 3 is 1.22 bits per heavy atom. The Bertz CT molecular complexity index is 974. The van der Waals surface area contributed by atoms with Crippen molar-refractivity contribution in [3.05, 3.63) is 107 Å². The first-order valence-electron chi connectivity index (χ1n) is 11.7. The summed E-state index contributed by atoms with van der Waals surface area (Å²) < 4.78 is 21.5. The van der Waals surface area contributed by atoms with Crippen LogP contribution in [0.4, 0.5) is 0 Å². The lowest BCUT2D eigenvalue weighted by atomic mass is 10.1. The molecule has 0 heterocycles. The number of ether oxygens (including phenoxy) is 4. The van der Waals surface area contributed by atoms with Crippen LogP contribution in [0.3, 0.4) is 0 Å². The second-order valence-electron chi connectivity index (χ2n) is 8.25. The van der Waals surface area contributed by atoms with Gasteiger partial charge in [-0.15, -0.1) is 0 Å². The molecule has 190 valence electrons. The normalized spacial score (nSPS) is 12.5. The molecule has 4 N–H and O–H groups in total. The van der Waals surface area contributed by atoms with E-state index in [-0.39, 0.29) is 26.4 Å². The van der Waals surface area contributed by atoms with Crippen LogP contribution in [0.5, 0.6) is 0 Å². The average molecular weight is 493 g/mol. The Hall–Kier alpha value is -3.56. The van der Waals surface area contributed by atoms with Gasteiger partial charge in [-0.2, -0.15) is 0 Å². The number of benzene rings is 3. The molecule has 0 aliphatic rings. The molecule has 0 aliphatic heterocycles. The SMILES string of the molecule is NC(COCc1ccccc1)C(=O)OCc1ccc(COC(=O)[C@@H](N)COCc2ccccc2)cc1. The summed E-state index contributed by atoms with van der Waals surface area (Å²) in [6.45, 7) is 1.04. The minimum absolute atomic E-state index is 0.0669. The second-order valence-corrected chi connectivity index (χ2v) is 8.25. The summed E-state index contributed by atoms with van der Waals surface area (Å²) in [5.41, 5.74) is 15.3. The van der Waals surface area contributed by atoms with Crippen molar-refractivity contribution in [2.45, 2.75) is 38.5 Å². The summed E-state index contributed by atoms with van der Waals surface area (Å²) in [6, 6.07) is 24.7. The van der Waals surface area contributed by atoms with Crippen LogP contribution in [0, 0.1) is 0 Å². The van der Waals surface area contributed by atoms with Gasteiger partial charge in [-0.05, 0) is 22.3 Å². The maximum Gasteiger partial charge on any atom is 0.325 e. The lowest BCUT2D eigenvalue weighted by molar-refractivity contribution is -0.149. The van der Waals surface area contributed by atoms with E-state index in [1.165, 1.54) is 0 Å². The van der Waals surface area contributed by atoms with Crippen LogP contribution >= 0.6 is 0 Å². The zero-order valence-electron chi connectivity index (χ0n) is 20.1. The highest BCUT2D eigenvalue weighted by atomic mass is 16.5. The van der Waals surface area contributed by atoms with Gasteiger partial charge in [-0.25, -0.2) is 0 Å². The smallest absolute Gasteiger partial charge is 0.325 e.